The van der Waals surface area contributed by atoms with Crippen molar-refractivity contribution in [1.29, 1.82) is 0 Å². The third-order valence-corrected chi connectivity index (χ3v) is 7.64. The van der Waals surface area contributed by atoms with Crippen LogP contribution in [-0.4, -0.2) is 81.1 Å². The number of benzene rings is 1. The van der Waals surface area contributed by atoms with Gasteiger partial charge in [0.15, 0.2) is 0 Å². The number of nitrogens with zero attached hydrogens (tertiary/aromatic N) is 1. The molecule has 2 N–H and O–H groups in total. The Labute approximate surface area is 216 Å². The molecular weight excluding hydrogens is 458 g/mol. The highest BCUT2D eigenvalue weighted by molar-refractivity contribution is 5.82. The highest BCUT2D eigenvalue weighted by Crippen LogP contribution is 2.28. The fourth-order valence-electron chi connectivity index (χ4n) is 5.34. The van der Waals surface area contributed by atoms with E-state index in [1.807, 2.05) is 42.3 Å². The number of amides is 2. The molecule has 0 spiro atoms. The summed E-state index contributed by atoms with van der Waals surface area (Å²) in [6.45, 7) is 6.71. The van der Waals surface area contributed by atoms with Gasteiger partial charge in [0.05, 0.1) is 36.6 Å². The van der Waals surface area contributed by atoms with Crippen molar-refractivity contribution in [2.24, 2.45) is 11.8 Å². The highest BCUT2D eigenvalue weighted by Gasteiger charge is 2.41. The summed E-state index contributed by atoms with van der Waals surface area (Å²) in [6.07, 6.45) is 3.35. The van der Waals surface area contributed by atoms with E-state index in [1.54, 1.807) is 21.1 Å². The summed E-state index contributed by atoms with van der Waals surface area (Å²) >= 11 is 0. The number of rotatable bonds is 15. The molecule has 36 heavy (non-hydrogen) atoms. The first kappa shape index (κ1) is 29.9. The van der Waals surface area contributed by atoms with Gasteiger partial charge in [-0.25, -0.2) is 0 Å². The van der Waals surface area contributed by atoms with Crippen molar-refractivity contribution in [2.45, 2.75) is 83.2 Å². The van der Waals surface area contributed by atoms with Crippen LogP contribution >= 0.6 is 0 Å². The Morgan fingerprint density at radius 1 is 1.17 bits per heavy atom. The van der Waals surface area contributed by atoms with Crippen LogP contribution in [0.15, 0.2) is 30.3 Å². The van der Waals surface area contributed by atoms with Gasteiger partial charge in [-0.15, -0.1) is 0 Å². The first-order valence-corrected chi connectivity index (χ1v) is 13.1. The molecule has 0 aromatic heterocycles. The minimum absolute atomic E-state index is 0.0115. The Kier molecular flexibility index (Phi) is 12.5. The maximum Gasteiger partial charge on any atom is 0.226 e. The van der Waals surface area contributed by atoms with Crippen LogP contribution in [-0.2, 0) is 30.3 Å². The van der Waals surface area contributed by atoms with Crippen molar-refractivity contribution in [2.75, 3.05) is 27.8 Å². The van der Waals surface area contributed by atoms with E-state index in [9.17, 15) is 14.4 Å². The normalized spacial score (nSPS) is 20.7. The molecule has 2 amide bonds. The van der Waals surface area contributed by atoms with Crippen LogP contribution in [0, 0.1) is 11.8 Å². The zero-order valence-electron chi connectivity index (χ0n) is 22.7. The van der Waals surface area contributed by atoms with E-state index in [4.69, 9.17) is 9.47 Å². The number of hydrogen-bond acceptors (Lipinski definition) is 6. The Morgan fingerprint density at radius 2 is 1.86 bits per heavy atom. The number of likely N-dealkylation sites (N-methyl/N-ethyl adjacent to an activating group) is 1. The van der Waals surface area contributed by atoms with Crippen LogP contribution in [0.5, 0.6) is 0 Å². The summed E-state index contributed by atoms with van der Waals surface area (Å²) in [4.78, 5) is 40.1. The summed E-state index contributed by atoms with van der Waals surface area (Å²) < 4.78 is 11.5. The van der Waals surface area contributed by atoms with Crippen LogP contribution in [0.25, 0.3) is 0 Å². The summed E-state index contributed by atoms with van der Waals surface area (Å²) in [5.41, 5.74) is 0.975. The average Bonchev–Trinajstić information content (AvgIpc) is 3.38. The molecule has 2 rings (SSSR count). The Morgan fingerprint density at radius 3 is 2.42 bits per heavy atom. The first-order valence-electron chi connectivity index (χ1n) is 13.1. The largest absolute Gasteiger partial charge is 0.379 e. The van der Waals surface area contributed by atoms with Gasteiger partial charge in [-0.05, 0) is 37.8 Å². The van der Waals surface area contributed by atoms with Crippen molar-refractivity contribution < 1.29 is 23.9 Å². The third kappa shape index (κ3) is 7.85. The molecule has 1 heterocycles. The van der Waals surface area contributed by atoms with Crippen LogP contribution in [0.4, 0.5) is 0 Å². The second-order valence-electron chi connectivity index (χ2n) is 9.90. The average molecular weight is 504 g/mol. The Balaban J connectivity index is 2.07. The molecular formula is C28H45N3O5. The molecule has 8 heteroatoms. The summed E-state index contributed by atoms with van der Waals surface area (Å²) in [6, 6.07) is 8.82. The molecule has 1 aromatic carbocycles. The van der Waals surface area contributed by atoms with Crippen LogP contribution in [0.1, 0.15) is 52.0 Å². The highest BCUT2D eigenvalue weighted by atomic mass is 16.5. The SMILES string of the molecule is CC[C@H](C)[C@H](NC)[C@@H](CC(=O)N1CCC[C@H]1[C@H](OC)[C@@H](C)C(=O)N[C@H](C=O)Cc1ccccc1)OC. The van der Waals surface area contributed by atoms with E-state index < -0.39 is 18.1 Å². The molecule has 1 aromatic rings. The summed E-state index contributed by atoms with van der Waals surface area (Å²) in [7, 11) is 5.13. The molecule has 0 radical (unpaired) electrons. The van der Waals surface area contributed by atoms with Gasteiger partial charge in [-0.2, -0.15) is 0 Å². The van der Waals surface area contributed by atoms with Gasteiger partial charge in [0.1, 0.15) is 6.29 Å². The molecule has 1 saturated heterocycles. The number of likely N-dealkylation sites (tertiary alicyclic amines) is 1. The van der Waals surface area contributed by atoms with Gasteiger partial charge in [-0.3, -0.25) is 9.59 Å². The van der Waals surface area contributed by atoms with Gasteiger partial charge in [0.2, 0.25) is 11.8 Å². The molecule has 0 aliphatic carbocycles. The molecule has 1 aliphatic heterocycles. The lowest BCUT2D eigenvalue weighted by atomic mass is 9.91. The molecule has 0 saturated carbocycles. The molecule has 1 fully saturated rings. The lowest BCUT2D eigenvalue weighted by molar-refractivity contribution is -0.142. The maximum absolute atomic E-state index is 13.4. The fraction of sp³-hybridized carbons (Fsp3) is 0.679. The zero-order chi connectivity index (χ0) is 26.7. The number of aldehydes is 1. The van der Waals surface area contributed by atoms with E-state index >= 15 is 0 Å². The van der Waals surface area contributed by atoms with Crippen molar-refractivity contribution in [1.82, 2.24) is 15.5 Å². The molecule has 0 bridgehead atoms. The van der Waals surface area contributed by atoms with E-state index in [-0.39, 0.29) is 36.4 Å². The molecule has 8 nitrogen and oxygen atoms in total. The molecule has 0 unspecified atom stereocenters. The minimum Gasteiger partial charge on any atom is -0.379 e. The number of nitrogens with one attached hydrogen (secondary N) is 2. The zero-order valence-corrected chi connectivity index (χ0v) is 22.7. The van der Waals surface area contributed by atoms with Gasteiger partial charge in [0.25, 0.3) is 0 Å². The molecule has 202 valence electrons. The predicted octanol–water partition coefficient (Wildman–Crippen LogP) is 2.59. The smallest absolute Gasteiger partial charge is 0.226 e. The van der Waals surface area contributed by atoms with Crippen LogP contribution in [0.3, 0.4) is 0 Å². The third-order valence-electron chi connectivity index (χ3n) is 7.64. The van der Waals surface area contributed by atoms with Crippen molar-refractivity contribution in [3.05, 3.63) is 35.9 Å². The summed E-state index contributed by atoms with van der Waals surface area (Å²) in [5, 5.41) is 6.18. The topological polar surface area (TPSA) is 97.0 Å². The second kappa shape index (κ2) is 15.1. The van der Waals surface area contributed by atoms with E-state index in [0.717, 1.165) is 31.1 Å². The van der Waals surface area contributed by atoms with Gasteiger partial charge in [-0.1, -0.05) is 57.5 Å². The number of ether oxygens (including phenoxy) is 2. The lowest BCUT2D eigenvalue weighted by Crippen LogP contribution is -2.52. The Hall–Kier alpha value is -2.29. The second-order valence-corrected chi connectivity index (χ2v) is 9.90. The number of carbonyl (C=O) groups is 3. The quantitative estimate of drug-likeness (QED) is 0.357. The predicted molar refractivity (Wildman–Crippen MR) is 141 cm³/mol. The fourth-order valence-corrected chi connectivity index (χ4v) is 5.34. The maximum atomic E-state index is 13.4. The van der Waals surface area contributed by atoms with E-state index in [1.165, 1.54) is 0 Å². The number of methoxy groups -OCH3 is 2. The summed E-state index contributed by atoms with van der Waals surface area (Å²) in [5.74, 6) is -0.414. The van der Waals surface area contributed by atoms with Crippen molar-refractivity contribution >= 4 is 18.1 Å². The van der Waals surface area contributed by atoms with Crippen LogP contribution in [0.2, 0.25) is 0 Å². The Bertz CT molecular complexity index is 821. The van der Waals surface area contributed by atoms with E-state index in [0.29, 0.717) is 18.9 Å². The van der Waals surface area contributed by atoms with Crippen LogP contribution < -0.4 is 10.6 Å². The van der Waals surface area contributed by atoms with Gasteiger partial charge in [0, 0.05) is 26.8 Å². The monoisotopic (exact) mass is 503 g/mol. The number of hydrogen-bond donors (Lipinski definition) is 2. The van der Waals surface area contributed by atoms with E-state index in [2.05, 4.69) is 24.5 Å². The standard InChI is InChI=1S/C28H45N3O5/c1-7-19(2)26(29-4)24(35-5)17-25(33)31-15-11-14-23(31)27(36-6)20(3)28(34)30-22(18-32)16-21-12-9-8-10-13-21/h8-10,12-13,18-20,22-24,26-27,29H,7,11,14-17H2,1-6H3,(H,30,34)/t19-,20+,22-,23-,24+,26-,27+/m0/s1. The lowest BCUT2D eigenvalue weighted by Gasteiger charge is -2.36. The molecule has 1 aliphatic rings. The molecule has 7 atom stereocenters. The van der Waals surface area contributed by atoms with Crippen molar-refractivity contribution in [3.63, 3.8) is 0 Å². The number of carbonyl (C=O) groups excluding carboxylic acids is 3. The van der Waals surface area contributed by atoms with Crippen molar-refractivity contribution in [3.8, 4) is 0 Å². The van der Waals surface area contributed by atoms with Gasteiger partial charge >= 0.3 is 0 Å². The minimum atomic E-state index is -0.623. The van der Waals surface area contributed by atoms with Gasteiger partial charge < -0.3 is 29.8 Å². The first-order chi connectivity index (χ1) is 17.3.